The number of rotatable bonds is 8. The summed E-state index contributed by atoms with van der Waals surface area (Å²) >= 11 is 19.2. The number of hydrogen-bond acceptors (Lipinski definition) is 6. The van der Waals surface area contributed by atoms with Crippen LogP contribution in [0, 0.1) is 6.92 Å². The topological polar surface area (TPSA) is 67.9 Å². The SMILES string of the molecule is CCc1ccc(N2C(=O)/C(=C/c3cc(Cl)c(OCC(=O)Nc4cc(Cl)ccc4C)c(OC)c3)SC2=S)cc1. The van der Waals surface area contributed by atoms with Gasteiger partial charge >= 0.3 is 0 Å². The van der Waals surface area contributed by atoms with E-state index in [2.05, 4.69) is 12.2 Å². The number of ether oxygens (including phenoxy) is 2. The highest BCUT2D eigenvalue weighted by molar-refractivity contribution is 8.27. The lowest BCUT2D eigenvalue weighted by Gasteiger charge is -2.15. The molecule has 38 heavy (non-hydrogen) atoms. The number of thioether (sulfide) groups is 1. The molecule has 1 saturated heterocycles. The highest BCUT2D eigenvalue weighted by Gasteiger charge is 2.33. The number of halogens is 2. The highest BCUT2D eigenvalue weighted by atomic mass is 35.5. The summed E-state index contributed by atoms with van der Waals surface area (Å²) in [5.74, 6) is -0.0604. The van der Waals surface area contributed by atoms with Crippen LogP contribution in [0.15, 0.2) is 59.5 Å². The van der Waals surface area contributed by atoms with E-state index in [-0.39, 0.29) is 29.2 Å². The lowest BCUT2D eigenvalue weighted by molar-refractivity contribution is -0.118. The molecule has 2 amide bonds. The van der Waals surface area contributed by atoms with Crippen LogP contribution in [0.4, 0.5) is 11.4 Å². The van der Waals surface area contributed by atoms with Crippen LogP contribution in [0.5, 0.6) is 11.5 Å². The molecule has 3 aromatic carbocycles. The summed E-state index contributed by atoms with van der Waals surface area (Å²) in [6.07, 6.45) is 2.61. The molecule has 1 aliphatic heterocycles. The average molecular weight is 588 g/mol. The van der Waals surface area contributed by atoms with E-state index in [9.17, 15) is 9.59 Å². The Balaban J connectivity index is 1.50. The second-order valence-corrected chi connectivity index (χ2v) is 10.9. The third kappa shape index (κ3) is 6.32. The predicted molar refractivity (Wildman–Crippen MR) is 160 cm³/mol. The first-order valence-electron chi connectivity index (χ1n) is 11.6. The molecule has 10 heteroatoms. The molecule has 3 aromatic rings. The number of carbonyl (C=O) groups is 2. The van der Waals surface area contributed by atoms with Gasteiger partial charge in [0.05, 0.1) is 22.7 Å². The Morgan fingerprint density at radius 3 is 2.55 bits per heavy atom. The minimum atomic E-state index is -0.381. The summed E-state index contributed by atoms with van der Waals surface area (Å²) < 4.78 is 11.6. The summed E-state index contributed by atoms with van der Waals surface area (Å²) in [6, 6.07) is 16.3. The van der Waals surface area contributed by atoms with Gasteiger partial charge in [-0.1, -0.05) is 72.3 Å². The van der Waals surface area contributed by atoms with E-state index >= 15 is 0 Å². The van der Waals surface area contributed by atoms with Gasteiger partial charge in [0.25, 0.3) is 11.8 Å². The molecule has 196 valence electrons. The summed E-state index contributed by atoms with van der Waals surface area (Å²) in [4.78, 5) is 27.6. The van der Waals surface area contributed by atoms with E-state index in [1.807, 2.05) is 37.3 Å². The predicted octanol–water partition coefficient (Wildman–Crippen LogP) is 7.30. The van der Waals surface area contributed by atoms with Gasteiger partial charge in [-0.2, -0.15) is 0 Å². The number of nitrogens with zero attached hydrogens (tertiary/aromatic N) is 1. The van der Waals surface area contributed by atoms with Crippen LogP contribution in [0.25, 0.3) is 6.08 Å². The fourth-order valence-electron chi connectivity index (χ4n) is 3.74. The Bertz CT molecular complexity index is 1440. The zero-order valence-corrected chi connectivity index (χ0v) is 24.0. The standard InChI is InChI=1S/C28H24Cl2N2O4S2/c1-4-17-6-9-20(10-7-17)32-27(34)24(38-28(32)37)13-18-11-21(30)26(23(12-18)35-3)36-15-25(33)31-22-14-19(29)8-5-16(22)2/h5-14H,4,15H2,1-3H3,(H,31,33)/b24-13-. The minimum Gasteiger partial charge on any atom is -0.493 e. The highest BCUT2D eigenvalue weighted by Crippen LogP contribution is 2.40. The molecule has 4 rings (SSSR count). The fourth-order valence-corrected chi connectivity index (χ4v) is 5.48. The van der Waals surface area contributed by atoms with Crippen molar-refractivity contribution in [3.8, 4) is 11.5 Å². The quantitative estimate of drug-likeness (QED) is 0.221. The van der Waals surface area contributed by atoms with Crippen LogP contribution in [0.2, 0.25) is 10.0 Å². The first kappa shape index (κ1) is 28.0. The van der Waals surface area contributed by atoms with Gasteiger partial charge in [0.15, 0.2) is 22.4 Å². The summed E-state index contributed by atoms with van der Waals surface area (Å²) in [7, 11) is 1.47. The van der Waals surface area contributed by atoms with E-state index in [4.69, 9.17) is 44.9 Å². The lowest BCUT2D eigenvalue weighted by atomic mass is 10.1. The number of thiocarbonyl (C=S) groups is 1. The maximum Gasteiger partial charge on any atom is 0.270 e. The Kier molecular flexibility index (Phi) is 8.99. The normalized spacial score (nSPS) is 14.2. The number of benzene rings is 3. The van der Waals surface area contributed by atoms with Crippen LogP contribution in [-0.2, 0) is 16.0 Å². The average Bonchev–Trinajstić information content (AvgIpc) is 3.17. The smallest absolute Gasteiger partial charge is 0.270 e. The molecule has 1 heterocycles. The molecule has 1 N–H and O–H groups in total. The number of hydrogen-bond donors (Lipinski definition) is 1. The van der Waals surface area contributed by atoms with Gasteiger partial charge in [-0.25, -0.2) is 0 Å². The monoisotopic (exact) mass is 586 g/mol. The minimum absolute atomic E-state index is 0.215. The van der Waals surface area contributed by atoms with E-state index in [1.165, 1.54) is 29.3 Å². The van der Waals surface area contributed by atoms with Crippen molar-refractivity contribution < 1.29 is 19.1 Å². The molecule has 0 aliphatic carbocycles. The van der Waals surface area contributed by atoms with Crippen LogP contribution in [-0.4, -0.2) is 29.9 Å². The maximum atomic E-state index is 13.2. The molecule has 0 radical (unpaired) electrons. The van der Waals surface area contributed by atoms with Crippen molar-refractivity contribution in [2.24, 2.45) is 0 Å². The number of methoxy groups -OCH3 is 1. The van der Waals surface area contributed by atoms with Crippen LogP contribution in [0.1, 0.15) is 23.6 Å². The van der Waals surface area contributed by atoms with Crippen molar-refractivity contribution in [1.82, 2.24) is 0 Å². The number of carbonyl (C=O) groups excluding carboxylic acids is 2. The number of nitrogens with one attached hydrogen (secondary N) is 1. The van der Waals surface area contributed by atoms with Gasteiger partial charge in [0.1, 0.15) is 0 Å². The molecule has 0 saturated carbocycles. The van der Waals surface area contributed by atoms with Gasteiger partial charge in [-0.3, -0.25) is 14.5 Å². The third-order valence-electron chi connectivity index (χ3n) is 5.77. The zero-order valence-electron chi connectivity index (χ0n) is 20.8. The second kappa shape index (κ2) is 12.2. The molecule has 0 aromatic heterocycles. The van der Waals surface area contributed by atoms with E-state index in [1.54, 1.807) is 30.3 Å². The fraction of sp³-hybridized carbons (Fsp3) is 0.179. The largest absolute Gasteiger partial charge is 0.493 e. The molecule has 0 atom stereocenters. The van der Waals surface area contributed by atoms with Crippen molar-refractivity contribution >= 4 is 80.8 Å². The molecular formula is C28H24Cl2N2O4S2. The molecule has 0 spiro atoms. The first-order chi connectivity index (χ1) is 18.2. The van der Waals surface area contributed by atoms with Gasteiger partial charge in [-0.05, 0) is 72.5 Å². The Hall–Kier alpha value is -3.04. The van der Waals surface area contributed by atoms with Crippen molar-refractivity contribution in [3.05, 3.63) is 86.2 Å². The molecule has 1 aliphatic rings. The molecule has 1 fully saturated rings. The van der Waals surface area contributed by atoms with Crippen molar-refractivity contribution in [2.75, 3.05) is 23.9 Å². The number of aryl methyl sites for hydroxylation is 2. The van der Waals surface area contributed by atoms with Crippen LogP contribution in [0.3, 0.4) is 0 Å². The van der Waals surface area contributed by atoms with Crippen LogP contribution < -0.4 is 19.7 Å². The van der Waals surface area contributed by atoms with Gasteiger partial charge in [0.2, 0.25) is 0 Å². The summed E-state index contributed by atoms with van der Waals surface area (Å²) in [6.45, 7) is 3.64. The van der Waals surface area contributed by atoms with Gasteiger partial charge < -0.3 is 14.8 Å². The Labute approximate surface area is 240 Å². The van der Waals surface area contributed by atoms with Gasteiger partial charge in [0, 0.05) is 10.7 Å². The molecule has 0 unspecified atom stereocenters. The lowest BCUT2D eigenvalue weighted by Crippen LogP contribution is -2.27. The summed E-state index contributed by atoms with van der Waals surface area (Å²) in [5, 5.41) is 3.51. The van der Waals surface area contributed by atoms with E-state index in [0.29, 0.717) is 31.2 Å². The zero-order chi connectivity index (χ0) is 27.4. The third-order valence-corrected chi connectivity index (χ3v) is 7.59. The molecule has 6 nitrogen and oxygen atoms in total. The van der Waals surface area contributed by atoms with E-state index < -0.39 is 0 Å². The molecule has 0 bridgehead atoms. The van der Waals surface area contributed by atoms with Crippen molar-refractivity contribution in [1.29, 1.82) is 0 Å². The Morgan fingerprint density at radius 2 is 1.87 bits per heavy atom. The second-order valence-electron chi connectivity index (χ2n) is 8.37. The first-order valence-corrected chi connectivity index (χ1v) is 13.6. The van der Waals surface area contributed by atoms with Crippen molar-refractivity contribution in [2.45, 2.75) is 20.3 Å². The van der Waals surface area contributed by atoms with Gasteiger partial charge in [-0.15, -0.1) is 0 Å². The maximum absolute atomic E-state index is 13.2. The Morgan fingerprint density at radius 1 is 1.13 bits per heavy atom. The number of anilines is 2. The van der Waals surface area contributed by atoms with Crippen molar-refractivity contribution in [3.63, 3.8) is 0 Å². The molecular weight excluding hydrogens is 563 g/mol. The van der Waals surface area contributed by atoms with Crippen LogP contribution >= 0.6 is 47.2 Å². The van der Waals surface area contributed by atoms with E-state index in [0.717, 1.165) is 17.7 Å². The number of amides is 2. The summed E-state index contributed by atoms with van der Waals surface area (Å²) in [5.41, 5.74) is 3.99.